The van der Waals surface area contributed by atoms with Gasteiger partial charge in [0.1, 0.15) is 5.69 Å². The van der Waals surface area contributed by atoms with Crippen molar-refractivity contribution >= 4 is 38.9 Å². The van der Waals surface area contributed by atoms with Gasteiger partial charge in [-0.15, -0.1) is 5.11 Å². The molecular formula is C20H21ClF2N8O3S. The van der Waals surface area contributed by atoms with Crippen molar-refractivity contribution in [3.63, 3.8) is 0 Å². The van der Waals surface area contributed by atoms with Gasteiger partial charge in [-0.1, -0.05) is 16.8 Å². The zero-order chi connectivity index (χ0) is 25.0. The predicted octanol–water partition coefficient (Wildman–Crippen LogP) is 1.55. The maximum atomic E-state index is 15.0. The lowest BCUT2D eigenvalue weighted by Crippen LogP contribution is -2.62. The van der Waals surface area contributed by atoms with E-state index < -0.39 is 38.8 Å². The molecule has 0 bridgehead atoms. The van der Waals surface area contributed by atoms with Gasteiger partial charge in [0.15, 0.2) is 17.2 Å². The molecule has 186 valence electrons. The summed E-state index contributed by atoms with van der Waals surface area (Å²) in [6.07, 6.45) is 8.88. The number of fused-ring (bicyclic) bond motifs is 1. The molecule has 2 unspecified atom stereocenters. The minimum Gasteiger partial charge on any atom is -0.359 e. The van der Waals surface area contributed by atoms with Crippen molar-refractivity contribution < 1.29 is 22.0 Å². The molecule has 0 saturated heterocycles. The largest absolute Gasteiger partial charge is 0.359 e. The summed E-state index contributed by atoms with van der Waals surface area (Å²) in [5.74, 6) is -3.11. The molecule has 2 aliphatic heterocycles. The van der Waals surface area contributed by atoms with E-state index in [0.29, 0.717) is 0 Å². The first-order chi connectivity index (χ1) is 16.6. The normalized spacial score (nSPS) is 26.8. The monoisotopic (exact) mass is 526 g/mol. The van der Waals surface area contributed by atoms with Crippen LogP contribution in [0, 0.1) is 11.6 Å². The van der Waals surface area contributed by atoms with Crippen molar-refractivity contribution in [3.8, 4) is 0 Å². The highest BCUT2D eigenvalue weighted by molar-refractivity contribution is 7.89. The fourth-order valence-electron chi connectivity index (χ4n) is 3.98. The van der Waals surface area contributed by atoms with E-state index in [1.807, 2.05) is 0 Å². The van der Waals surface area contributed by atoms with Gasteiger partial charge in [-0.25, -0.2) is 27.8 Å². The van der Waals surface area contributed by atoms with Gasteiger partial charge in [-0.05, 0) is 43.2 Å². The van der Waals surface area contributed by atoms with Crippen LogP contribution >= 0.6 is 11.6 Å². The van der Waals surface area contributed by atoms with Gasteiger partial charge in [-0.2, -0.15) is 5.12 Å². The average Bonchev–Trinajstić information content (AvgIpc) is 3.61. The second-order valence-electron chi connectivity index (χ2n) is 8.49. The summed E-state index contributed by atoms with van der Waals surface area (Å²) in [6, 6.07) is 2.30. The molecule has 5 N–H and O–H groups in total. The molecule has 2 aliphatic carbocycles. The van der Waals surface area contributed by atoms with E-state index in [-0.39, 0.29) is 34.7 Å². The van der Waals surface area contributed by atoms with Crippen molar-refractivity contribution in [2.24, 2.45) is 15.5 Å². The van der Waals surface area contributed by atoms with E-state index in [0.717, 1.165) is 18.9 Å². The van der Waals surface area contributed by atoms with E-state index in [1.165, 1.54) is 46.7 Å². The van der Waals surface area contributed by atoms with E-state index in [4.69, 9.17) is 16.7 Å². The fraction of sp³-hybridized carbons (Fsp3) is 0.350. The van der Waals surface area contributed by atoms with E-state index in [9.17, 15) is 17.6 Å². The number of amides is 1. The number of carbonyl (C=O) groups is 1. The highest BCUT2D eigenvalue weighted by Crippen LogP contribution is 2.47. The molecule has 1 spiro atoms. The smallest absolute Gasteiger partial charge is 0.256 e. The number of sulfonamides is 1. The van der Waals surface area contributed by atoms with E-state index in [2.05, 4.69) is 26.4 Å². The third-order valence-corrected chi connectivity index (χ3v) is 7.14. The van der Waals surface area contributed by atoms with Crippen LogP contribution in [0.5, 0.6) is 0 Å². The van der Waals surface area contributed by atoms with Gasteiger partial charge in [0, 0.05) is 25.0 Å². The number of rotatable bonds is 7. The summed E-state index contributed by atoms with van der Waals surface area (Å²) in [6.45, 7) is -0.0510. The summed E-state index contributed by atoms with van der Waals surface area (Å²) < 4.78 is 51.7. The second kappa shape index (κ2) is 8.26. The Balaban J connectivity index is 1.53. The Bertz CT molecular complexity index is 1320. The maximum Gasteiger partial charge on any atom is 0.256 e. The van der Waals surface area contributed by atoms with Crippen LogP contribution < -0.4 is 26.1 Å². The molecule has 2 heterocycles. The van der Waals surface area contributed by atoms with Crippen molar-refractivity contribution in [1.29, 1.82) is 0 Å². The number of halogens is 3. The van der Waals surface area contributed by atoms with Gasteiger partial charge in [-0.3, -0.25) is 4.79 Å². The lowest BCUT2D eigenvalue weighted by Gasteiger charge is -2.47. The molecule has 1 aromatic rings. The quantitative estimate of drug-likeness (QED) is 0.394. The Morgan fingerprint density at radius 2 is 2.09 bits per heavy atom. The summed E-state index contributed by atoms with van der Waals surface area (Å²) in [5.41, 5.74) is -0.169. The van der Waals surface area contributed by atoms with Crippen LogP contribution in [0.4, 0.5) is 20.2 Å². The molecule has 2 atom stereocenters. The SMILES string of the molecule is NS(=O)(=O)CCNN1N=NC12C=CC(C(=O)NC1CC1)(N1C=CNc3ccc(F)c(F)c31)C(Cl)=C2. The van der Waals surface area contributed by atoms with Gasteiger partial charge >= 0.3 is 0 Å². The standard InChI is InChI=1S/C20H21ClF2N8O3S/c21-15-11-19(28-29-31(19)26-8-10-35(24,33)34)5-6-20(15,18(32)27-12-1-2-12)30-9-7-25-14-4-3-13(22)16(23)17(14)30/h3-7,9,11-12,25-26H,1-2,8,10H2,(H,27,32)(H2,24,33,34). The molecule has 4 aliphatic rings. The summed E-state index contributed by atoms with van der Waals surface area (Å²) in [7, 11) is -3.70. The number of nitrogens with two attached hydrogens (primary N) is 1. The zero-order valence-electron chi connectivity index (χ0n) is 18.1. The van der Waals surface area contributed by atoms with Crippen LogP contribution in [0.15, 0.2) is 58.1 Å². The number of hydrogen-bond acceptors (Lipinski definition) is 9. The highest BCUT2D eigenvalue weighted by Gasteiger charge is 2.54. The highest BCUT2D eigenvalue weighted by atomic mass is 35.5. The number of hydrogen-bond donors (Lipinski definition) is 4. The van der Waals surface area contributed by atoms with Crippen molar-refractivity contribution in [1.82, 2.24) is 15.9 Å². The Morgan fingerprint density at radius 1 is 1.31 bits per heavy atom. The average molecular weight is 527 g/mol. The van der Waals surface area contributed by atoms with Crippen LogP contribution in [-0.2, 0) is 14.8 Å². The number of anilines is 2. The minimum atomic E-state index is -3.70. The third-order valence-electron chi connectivity index (χ3n) is 5.97. The first-order valence-electron chi connectivity index (χ1n) is 10.6. The first-order valence-corrected chi connectivity index (χ1v) is 12.7. The number of benzene rings is 1. The number of hydrazine groups is 1. The van der Waals surface area contributed by atoms with Gasteiger partial charge < -0.3 is 15.5 Å². The fourth-order valence-corrected chi connectivity index (χ4v) is 4.76. The van der Waals surface area contributed by atoms with Crippen LogP contribution in [0.3, 0.4) is 0 Å². The second-order valence-corrected chi connectivity index (χ2v) is 10.6. The lowest BCUT2D eigenvalue weighted by molar-refractivity contribution is -0.123. The van der Waals surface area contributed by atoms with Crippen LogP contribution in [0.2, 0.25) is 0 Å². The number of primary sulfonamides is 1. The predicted molar refractivity (Wildman–Crippen MR) is 124 cm³/mol. The molecule has 1 amide bonds. The Hall–Kier alpha value is -3.07. The Labute approximate surface area is 204 Å². The number of carbonyl (C=O) groups excluding carboxylic acids is 1. The molecule has 15 heteroatoms. The van der Waals surface area contributed by atoms with Crippen LogP contribution in [0.25, 0.3) is 0 Å². The van der Waals surface area contributed by atoms with Gasteiger partial charge in [0.05, 0.1) is 16.5 Å². The van der Waals surface area contributed by atoms with Crippen molar-refractivity contribution in [3.05, 3.63) is 59.4 Å². The van der Waals surface area contributed by atoms with Crippen LogP contribution in [-0.4, -0.2) is 49.0 Å². The molecule has 1 fully saturated rings. The number of nitrogens with zero attached hydrogens (tertiary/aromatic N) is 4. The molecule has 0 radical (unpaired) electrons. The van der Waals surface area contributed by atoms with Crippen molar-refractivity contribution in [2.75, 3.05) is 22.5 Å². The lowest BCUT2D eigenvalue weighted by atomic mass is 9.85. The van der Waals surface area contributed by atoms with Crippen LogP contribution in [0.1, 0.15) is 12.8 Å². The molecule has 5 rings (SSSR count). The molecule has 1 aromatic carbocycles. The molecular weight excluding hydrogens is 506 g/mol. The zero-order valence-corrected chi connectivity index (χ0v) is 19.7. The maximum absolute atomic E-state index is 15.0. The Morgan fingerprint density at radius 3 is 2.71 bits per heavy atom. The molecule has 0 aromatic heterocycles. The van der Waals surface area contributed by atoms with Gasteiger partial charge in [0.2, 0.25) is 15.7 Å². The Kier molecular flexibility index (Phi) is 5.58. The van der Waals surface area contributed by atoms with E-state index in [1.54, 1.807) is 0 Å². The third kappa shape index (κ3) is 4.05. The topological polar surface area (TPSA) is 145 Å². The van der Waals surface area contributed by atoms with E-state index >= 15 is 4.39 Å². The van der Waals surface area contributed by atoms with Crippen molar-refractivity contribution in [2.45, 2.75) is 30.1 Å². The summed E-state index contributed by atoms with van der Waals surface area (Å²) in [5, 5.41) is 19.9. The molecule has 11 nitrogen and oxygen atoms in total. The summed E-state index contributed by atoms with van der Waals surface area (Å²) in [4.78, 5) is 14.9. The number of nitrogens with one attached hydrogen (secondary N) is 3. The molecule has 35 heavy (non-hydrogen) atoms. The van der Waals surface area contributed by atoms with Gasteiger partial charge in [0.25, 0.3) is 5.91 Å². The molecule has 1 saturated carbocycles. The summed E-state index contributed by atoms with van der Waals surface area (Å²) >= 11 is 6.76. The first kappa shape index (κ1) is 23.7. The minimum absolute atomic E-state index is 0.0448.